The summed E-state index contributed by atoms with van der Waals surface area (Å²) in [6, 6.07) is 18.2. The highest BCUT2D eigenvalue weighted by atomic mass is 32.2. The Bertz CT molecular complexity index is 1050. The van der Waals surface area contributed by atoms with Gasteiger partial charge in [-0.1, -0.05) is 42.5 Å². The Hall–Kier alpha value is -3.24. The molecular formula is C22H19N3O3S. The number of carbonyl (C=O) groups is 1. The first kappa shape index (κ1) is 20.5. The number of allylic oxidation sites excluding steroid dienone is 1. The summed E-state index contributed by atoms with van der Waals surface area (Å²) in [6.07, 6.45) is 0. The third kappa shape index (κ3) is 4.44. The number of nitro groups is 1. The highest BCUT2D eigenvalue weighted by Gasteiger charge is 2.37. The molecule has 2 aromatic rings. The van der Waals surface area contributed by atoms with Gasteiger partial charge in [0.25, 0.3) is 5.69 Å². The van der Waals surface area contributed by atoms with Crippen molar-refractivity contribution >= 4 is 28.9 Å². The Labute approximate surface area is 173 Å². The zero-order chi connectivity index (χ0) is 21.0. The van der Waals surface area contributed by atoms with Crippen LogP contribution in [-0.4, -0.2) is 16.4 Å². The molecular weight excluding hydrogens is 386 g/mol. The molecule has 3 rings (SSSR count). The molecule has 0 aromatic heterocycles. The molecule has 0 aliphatic carbocycles. The largest absolute Gasteiger partial charge is 0.299 e. The first-order chi connectivity index (χ1) is 13.9. The van der Waals surface area contributed by atoms with Gasteiger partial charge in [0.1, 0.15) is 10.8 Å². The van der Waals surface area contributed by atoms with Crippen LogP contribution in [0, 0.1) is 27.4 Å². The topological polar surface area (TPSA) is 96.4 Å². The minimum absolute atomic E-state index is 0.0275. The predicted molar refractivity (Wildman–Crippen MR) is 113 cm³/mol. The maximum absolute atomic E-state index is 12.4. The van der Waals surface area contributed by atoms with Crippen LogP contribution in [0.3, 0.4) is 0 Å². The summed E-state index contributed by atoms with van der Waals surface area (Å²) in [5.74, 6) is -0.459. The molecule has 0 bridgehead atoms. The number of nitriles is 1. The van der Waals surface area contributed by atoms with Crippen molar-refractivity contribution in [2.75, 3.05) is 0 Å². The van der Waals surface area contributed by atoms with Crippen LogP contribution in [0.5, 0.6) is 0 Å². The lowest BCUT2D eigenvalue weighted by Crippen LogP contribution is -2.31. The number of nitro benzene ring substituents is 1. The van der Waals surface area contributed by atoms with E-state index in [4.69, 9.17) is 0 Å². The number of aliphatic imine (C=N–C) groups is 1. The van der Waals surface area contributed by atoms with Crippen LogP contribution >= 0.6 is 11.8 Å². The summed E-state index contributed by atoms with van der Waals surface area (Å²) in [7, 11) is 0. The number of non-ortho nitro benzene ring substituents is 1. The first-order valence-electron chi connectivity index (χ1n) is 9.03. The third-order valence-corrected chi connectivity index (χ3v) is 5.88. The molecule has 0 spiro atoms. The Morgan fingerprint density at radius 3 is 2.59 bits per heavy atom. The van der Waals surface area contributed by atoms with Crippen molar-refractivity contribution in [3.05, 3.63) is 86.4 Å². The van der Waals surface area contributed by atoms with Crippen molar-refractivity contribution in [3.8, 4) is 6.07 Å². The molecule has 146 valence electrons. The number of nitrogens with zero attached hydrogens (tertiary/aromatic N) is 3. The van der Waals surface area contributed by atoms with E-state index in [1.165, 1.54) is 30.8 Å². The van der Waals surface area contributed by atoms with E-state index in [9.17, 15) is 20.2 Å². The van der Waals surface area contributed by atoms with Gasteiger partial charge in [0.05, 0.1) is 22.5 Å². The Morgan fingerprint density at radius 1 is 1.24 bits per heavy atom. The third-order valence-electron chi connectivity index (χ3n) is 4.82. The van der Waals surface area contributed by atoms with Gasteiger partial charge in [0.15, 0.2) is 0 Å². The van der Waals surface area contributed by atoms with Crippen LogP contribution in [0.2, 0.25) is 0 Å². The van der Waals surface area contributed by atoms with E-state index >= 15 is 0 Å². The van der Waals surface area contributed by atoms with E-state index in [1.54, 1.807) is 12.1 Å². The standard InChI is InChI=1S/C22H19N3O3S/c1-14-20(15(2)26)21(17-8-4-3-5-9-17)19(12-23)22(24-14)29-13-16-7-6-10-18(11-16)25(27)28/h3-11,20-21H,13H2,1-2H3/t20?,21-/m0/s1. The summed E-state index contributed by atoms with van der Waals surface area (Å²) in [4.78, 5) is 27.5. The van der Waals surface area contributed by atoms with Crippen LogP contribution in [-0.2, 0) is 10.5 Å². The van der Waals surface area contributed by atoms with E-state index in [2.05, 4.69) is 11.1 Å². The van der Waals surface area contributed by atoms with E-state index in [1.807, 2.05) is 37.3 Å². The van der Waals surface area contributed by atoms with Crippen molar-refractivity contribution in [1.29, 1.82) is 5.26 Å². The second kappa shape index (κ2) is 8.84. The van der Waals surface area contributed by atoms with Crippen LogP contribution in [0.4, 0.5) is 5.69 Å². The number of hydrogen-bond acceptors (Lipinski definition) is 6. The maximum atomic E-state index is 12.4. The van der Waals surface area contributed by atoms with Gasteiger partial charge in [0.2, 0.25) is 0 Å². The van der Waals surface area contributed by atoms with Crippen LogP contribution < -0.4 is 0 Å². The van der Waals surface area contributed by atoms with Gasteiger partial charge < -0.3 is 0 Å². The molecule has 7 heteroatoms. The minimum Gasteiger partial charge on any atom is -0.299 e. The number of hydrogen-bond donors (Lipinski definition) is 0. The van der Waals surface area contributed by atoms with Crippen LogP contribution in [0.15, 0.2) is 70.2 Å². The van der Waals surface area contributed by atoms with Crippen LogP contribution in [0.25, 0.3) is 0 Å². The van der Waals surface area contributed by atoms with E-state index in [-0.39, 0.29) is 17.4 Å². The summed E-state index contributed by atoms with van der Waals surface area (Å²) in [5.41, 5.74) is 2.82. The van der Waals surface area contributed by atoms with Gasteiger partial charge in [-0.2, -0.15) is 5.26 Å². The van der Waals surface area contributed by atoms with E-state index in [0.717, 1.165) is 11.1 Å². The summed E-state index contributed by atoms with van der Waals surface area (Å²) in [5, 5.41) is 21.5. The number of thioether (sulfide) groups is 1. The SMILES string of the molecule is CC(=O)C1C(C)=NC(SCc2cccc([N+](=O)[O-])c2)=C(C#N)[C@@H]1c1ccccc1. The molecule has 0 saturated heterocycles. The fraction of sp³-hybridized carbons (Fsp3) is 0.227. The number of benzene rings is 2. The van der Waals surface area contributed by atoms with Crippen molar-refractivity contribution in [3.63, 3.8) is 0 Å². The Morgan fingerprint density at radius 2 is 1.97 bits per heavy atom. The molecule has 1 aliphatic rings. The van der Waals surface area contributed by atoms with Crippen molar-refractivity contribution in [2.24, 2.45) is 10.9 Å². The van der Waals surface area contributed by atoms with Crippen molar-refractivity contribution in [2.45, 2.75) is 25.5 Å². The second-order valence-corrected chi connectivity index (χ2v) is 7.74. The van der Waals surface area contributed by atoms with Gasteiger partial charge in [0, 0.05) is 29.5 Å². The average Bonchev–Trinajstić information content (AvgIpc) is 2.72. The maximum Gasteiger partial charge on any atom is 0.269 e. The van der Waals surface area contributed by atoms with Crippen molar-refractivity contribution < 1.29 is 9.72 Å². The number of carbonyl (C=O) groups excluding carboxylic acids is 1. The molecule has 0 amide bonds. The fourth-order valence-corrected chi connectivity index (χ4v) is 4.54. The lowest BCUT2D eigenvalue weighted by molar-refractivity contribution is -0.384. The molecule has 2 atom stereocenters. The molecule has 29 heavy (non-hydrogen) atoms. The smallest absolute Gasteiger partial charge is 0.269 e. The monoisotopic (exact) mass is 405 g/mol. The van der Waals surface area contributed by atoms with E-state index < -0.39 is 10.8 Å². The van der Waals surface area contributed by atoms with E-state index in [0.29, 0.717) is 22.1 Å². The molecule has 1 heterocycles. The molecule has 0 radical (unpaired) electrons. The number of Topliss-reactive ketones (excluding diaryl/α,β-unsaturated/α-hetero) is 1. The van der Waals surface area contributed by atoms with Gasteiger partial charge in [-0.15, -0.1) is 11.8 Å². The fourth-order valence-electron chi connectivity index (χ4n) is 3.52. The van der Waals surface area contributed by atoms with Gasteiger partial charge in [-0.25, -0.2) is 4.99 Å². The van der Waals surface area contributed by atoms with Gasteiger partial charge >= 0.3 is 0 Å². The molecule has 2 aromatic carbocycles. The molecule has 1 aliphatic heterocycles. The summed E-state index contributed by atoms with van der Waals surface area (Å²) >= 11 is 1.36. The number of rotatable bonds is 6. The zero-order valence-corrected chi connectivity index (χ0v) is 16.8. The molecule has 6 nitrogen and oxygen atoms in total. The lowest BCUT2D eigenvalue weighted by atomic mass is 9.75. The molecule has 0 fully saturated rings. The summed E-state index contributed by atoms with van der Waals surface area (Å²) in [6.45, 7) is 3.33. The van der Waals surface area contributed by atoms with Crippen molar-refractivity contribution in [1.82, 2.24) is 0 Å². The zero-order valence-electron chi connectivity index (χ0n) is 16.0. The molecule has 0 saturated carbocycles. The van der Waals surface area contributed by atoms with Gasteiger partial charge in [-0.3, -0.25) is 14.9 Å². The quantitative estimate of drug-likeness (QED) is 0.496. The Kier molecular flexibility index (Phi) is 6.25. The molecule has 0 N–H and O–H groups in total. The molecule has 1 unspecified atom stereocenters. The van der Waals surface area contributed by atoms with Crippen LogP contribution in [0.1, 0.15) is 30.9 Å². The lowest BCUT2D eigenvalue weighted by Gasteiger charge is -2.30. The van der Waals surface area contributed by atoms with Gasteiger partial charge in [-0.05, 0) is 25.0 Å². The Balaban J connectivity index is 1.98. The summed E-state index contributed by atoms with van der Waals surface area (Å²) < 4.78 is 0. The average molecular weight is 405 g/mol. The first-order valence-corrected chi connectivity index (χ1v) is 10.0. The second-order valence-electron chi connectivity index (χ2n) is 6.78. The predicted octanol–water partition coefficient (Wildman–Crippen LogP) is 5.03. The normalized spacial score (nSPS) is 18.7. The highest BCUT2D eigenvalue weighted by Crippen LogP contribution is 2.42. The number of ketones is 1. The minimum atomic E-state index is -0.478. The highest BCUT2D eigenvalue weighted by molar-refractivity contribution is 8.02.